The van der Waals surface area contributed by atoms with E-state index in [1.807, 2.05) is 38.1 Å². The fraction of sp³-hybridized carbons (Fsp3) is 0.214. The predicted octanol–water partition coefficient (Wildman–Crippen LogP) is 5.36. The molecule has 6 nitrogen and oxygen atoms in total. The summed E-state index contributed by atoms with van der Waals surface area (Å²) in [6.45, 7) is 4.13. The molecule has 0 radical (unpaired) electrons. The number of amides is 1. The summed E-state index contributed by atoms with van der Waals surface area (Å²) < 4.78 is 33.3. The Balaban J connectivity index is 1.91. The first-order valence-corrected chi connectivity index (χ1v) is 11.4. The van der Waals surface area contributed by atoms with E-state index in [-0.39, 0.29) is 17.0 Å². The molecule has 186 valence electrons. The highest BCUT2D eigenvalue weighted by Gasteiger charge is 2.47. The van der Waals surface area contributed by atoms with E-state index in [1.54, 1.807) is 37.3 Å². The molecule has 1 amide bonds. The second-order valence-electron chi connectivity index (χ2n) is 8.67. The van der Waals surface area contributed by atoms with Gasteiger partial charge in [-0.1, -0.05) is 12.1 Å². The number of aryl methyl sites for hydroxylation is 1. The van der Waals surface area contributed by atoms with Gasteiger partial charge >= 0.3 is 0 Å². The van der Waals surface area contributed by atoms with Gasteiger partial charge in [-0.2, -0.15) is 0 Å². The van der Waals surface area contributed by atoms with E-state index >= 15 is 0 Å². The van der Waals surface area contributed by atoms with E-state index in [4.69, 9.17) is 4.74 Å². The smallest absolute Gasteiger partial charge is 0.300 e. The summed E-state index contributed by atoms with van der Waals surface area (Å²) in [4.78, 5) is 29.4. The molecule has 1 aliphatic heterocycles. The number of halogens is 2. The summed E-state index contributed by atoms with van der Waals surface area (Å²) in [5, 5.41) is 11.3. The van der Waals surface area contributed by atoms with Crippen molar-refractivity contribution in [3.05, 3.63) is 94.6 Å². The molecular formula is C28H26F2N2O4. The zero-order valence-electron chi connectivity index (χ0n) is 20.4. The zero-order valence-corrected chi connectivity index (χ0v) is 20.4. The molecule has 1 heterocycles. The molecule has 1 unspecified atom stereocenters. The molecule has 3 aromatic rings. The lowest BCUT2D eigenvalue weighted by Crippen LogP contribution is -2.29. The van der Waals surface area contributed by atoms with Crippen LogP contribution in [-0.2, 0) is 9.59 Å². The number of rotatable bonds is 6. The Bertz CT molecular complexity index is 1370. The number of hydrogen-bond acceptors (Lipinski definition) is 5. The van der Waals surface area contributed by atoms with Crippen LogP contribution in [0, 0.1) is 18.6 Å². The number of ether oxygens (including phenoxy) is 1. The van der Waals surface area contributed by atoms with Gasteiger partial charge in [0.25, 0.3) is 11.7 Å². The Morgan fingerprint density at radius 1 is 1.00 bits per heavy atom. The van der Waals surface area contributed by atoms with Gasteiger partial charge < -0.3 is 14.7 Å². The molecule has 0 aromatic heterocycles. The Labute approximate surface area is 208 Å². The van der Waals surface area contributed by atoms with E-state index in [1.165, 1.54) is 6.07 Å². The molecule has 0 aliphatic carbocycles. The first kappa shape index (κ1) is 24.9. The molecule has 0 saturated carbocycles. The maximum absolute atomic E-state index is 14.1. The van der Waals surface area contributed by atoms with Crippen molar-refractivity contribution in [3.8, 4) is 5.75 Å². The minimum atomic E-state index is -1.15. The lowest BCUT2D eigenvalue weighted by molar-refractivity contribution is -0.132. The molecule has 1 N–H and O–H groups in total. The number of carbonyl (C=O) groups excluding carboxylic acids is 2. The molecule has 3 aromatic carbocycles. The number of anilines is 2. The first-order valence-electron chi connectivity index (χ1n) is 11.4. The number of nitrogens with zero attached hydrogens (tertiary/aromatic N) is 2. The van der Waals surface area contributed by atoms with Crippen molar-refractivity contribution in [1.29, 1.82) is 0 Å². The molecular weight excluding hydrogens is 466 g/mol. The van der Waals surface area contributed by atoms with Gasteiger partial charge in [-0.25, -0.2) is 8.78 Å². The number of benzene rings is 3. The summed E-state index contributed by atoms with van der Waals surface area (Å²) in [6.07, 6.45) is 0. The number of hydrogen-bond donors (Lipinski definition) is 1. The van der Waals surface area contributed by atoms with Crippen LogP contribution in [0.25, 0.3) is 5.76 Å². The molecule has 1 atom stereocenters. The number of ketones is 1. The Morgan fingerprint density at radius 3 is 2.28 bits per heavy atom. The monoisotopic (exact) mass is 492 g/mol. The van der Waals surface area contributed by atoms with Crippen LogP contribution in [0.4, 0.5) is 20.2 Å². The fourth-order valence-electron chi connectivity index (χ4n) is 4.27. The van der Waals surface area contributed by atoms with E-state index in [0.717, 1.165) is 28.3 Å². The summed E-state index contributed by atoms with van der Waals surface area (Å²) in [5.41, 5.74) is 2.32. The van der Waals surface area contributed by atoms with Gasteiger partial charge in [-0.3, -0.25) is 14.5 Å². The van der Waals surface area contributed by atoms with Crippen molar-refractivity contribution < 1.29 is 28.2 Å². The topological polar surface area (TPSA) is 70.1 Å². The highest BCUT2D eigenvalue weighted by molar-refractivity contribution is 6.51. The van der Waals surface area contributed by atoms with Crippen molar-refractivity contribution >= 4 is 28.8 Å². The average Bonchev–Trinajstić information content (AvgIpc) is 3.12. The first-order chi connectivity index (χ1) is 17.1. The number of carbonyl (C=O) groups is 2. The summed E-state index contributed by atoms with van der Waals surface area (Å²) in [5.74, 6) is -3.85. The largest absolute Gasteiger partial charge is 0.507 e. The summed E-state index contributed by atoms with van der Waals surface area (Å²) in [6, 6.07) is 14.0. The maximum atomic E-state index is 14.1. The van der Waals surface area contributed by atoms with Crippen molar-refractivity contribution in [2.75, 3.05) is 30.5 Å². The lowest BCUT2D eigenvalue weighted by Gasteiger charge is -2.26. The minimum Gasteiger partial charge on any atom is -0.507 e. The molecule has 8 heteroatoms. The van der Waals surface area contributed by atoms with Gasteiger partial charge in [0, 0.05) is 37.1 Å². The van der Waals surface area contributed by atoms with Crippen molar-refractivity contribution in [2.45, 2.75) is 19.9 Å². The highest BCUT2D eigenvalue weighted by atomic mass is 19.2. The van der Waals surface area contributed by atoms with Crippen LogP contribution >= 0.6 is 0 Å². The van der Waals surface area contributed by atoms with Crippen LogP contribution in [-0.4, -0.2) is 37.5 Å². The van der Waals surface area contributed by atoms with Crippen LogP contribution in [0.2, 0.25) is 0 Å². The molecule has 1 fully saturated rings. The predicted molar refractivity (Wildman–Crippen MR) is 134 cm³/mol. The molecule has 36 heavy (non-hydrogen) atoms. The molecule has 1 aliphatic rings. The van der Waals surface area contributed by atoms with E-state index in [9.17, 15) is 23.5 Å². The second kappa shape index (κ2) is 9.81. The molecule has 0 spiro atoms. The Kier molecular flexibility index (Phi) is 6.79. The van der Waals surface area contributed by atoms with Crippen LogP contribution in [0.5, 0.6) is 5.75 Å². The van der Waals surface area contributed by atoms with E-state index in [0.29, 0.717) is 23.5 Å². The number of aliphatic hydroxyl groups excluding tert-OH is 1. The summed E-state index contributed by atoms with van der Waals surface area (Å²) in [7, 11) is 3.74. The van der Waals surface area contributed by atoms with Crippen LogP contribution in [0.3, 0.4) is 0 Å². The molecule has 4 rings (SSSR count). The third-order valence-corrected chi connectivity index (χ3v) is 6.10. The number of Topliss-reactive ketones (excluding diaryl/α,β-unsaturated/α-hetero) is 1. The van der Waals surface area contributed by atoms with Gasteiger partial charge in [0.15, 0.2) is 11.6 Å². The van der Waals surface area contributed by atoms with Gasteiger partial charge in [0.05, 0.1) is 18.2 Å². The van der Waals surface area contributed by atoms with Gasteiger partial charge in [-0.05, 0) is 67.4 Å². The van der Waals surface area contributed by atoms with Gasteiger partial charge in [0.2, 0.25) is 0 Å². The van der Waals surface area contributed by atoms with E-state index < -0.39 is 29.4 Å². The average molecular weight is 493 g/mol. The zero-order chi connectivity index (χ0) is 26.1. The number of aliphatic hydroxyl groups is 1. The lowest BCUT2D eigenvalue weighted by atomic mass is 9.94. The van der Waals surface area contributed by atoms with Crippen LogP contribution < -0.4 is 14.5 Å². The van der Waals surface area contributed by atoms with Crippen LogP contribution in [0.15, 0.2) is 66.2 Å². The SMILES string of the molecule is CCOc1ccc(/C(O)=C2\C(=O)C(=O)N(c3ccc(F)c(F)c3)C2c2ccc(N(C)C)cc2)cc1C. The van der Waals surface area contributed by atoms with Crippen molar-refractivity contribution in [1.82, 2.24) is 0 Å². The fourth-order valence-corrected chi connectivity index (χ4v) is 4.27. The van der Waals surface area contributed by atoms with Crippen molar-refractivity contribution in [2.24, 2.45) is 0 Å². The Hall–Kier alpha value is -4.20. The standard InChI is InChI=1S/C28H26F2N2O4/c1-5-36-23-13-8-18(14-16(23)2)26(33)24-25(17-6-9-19(10-7-17)31(3)4)32(28(35)27(24)34)20-11-12-21(29)22(30)15-20/h6-15,25,33H,5H2,1-4H3/b26-24+. The minimum absolute atomic E-state index is 0.000361. The van der Waals surface area contributed by atoms with Gasteiger partial charge in [-0.15, -0.1) is 0 Å². The van der Waals surface area contributed by atoms with Crippen molar-refractivity contribution in [3.63, 3.8) is 0 Å². The third kappa shape index (κ3) is 4.42. The van der Waals surface area contributed by atoms with Gasteiger partial charge in [0.1, 0.15) is 11.5 Å². The van der Waals surface area contributed by atoms with E-state index in [2.05, 4.69) is 0 Å². The second-order valence-corrected chi connectivity index (χ2v) is 8.67. The summed E-state index contributed by atoms with van der Waals surface area (Å²) >= 11 is 0. The quantitative estimate of drug-likeness (QED) is 0.285. The highest BCUT2D eigenvalue weighted by Crippen LogP contribution is 2.43. The third-order valence-electron chi connectivity index (χ3n) is 6.10. The molecule has 1 saturated heterocycles. The molecule has 0 bridgehead atoms. The normalized spacial score (nSPS) is 16.9. The Morgan fingerprint density at radius 2 is 1.69 bits per heavy atom. The maximum Gasteiger partial charge on any atom is 0.300 e. The van der Waals surface area contributed by atoms with Crippen LogP contribution in [0.1, 0.15) is 29.7 Å².